The first-order valence-corrected chi connectivity index (χ1v) is 7.39. The van der Waals surface area contributed by atoms with Crippen LogP contribution in [0.25, 0.3) is 0 Å². The van der Waals surface area contributed by atoms with Crippen LogP contribution in [0.2, 0.25) is 0 Å². The van der Waals surface area contributed by atoms with Gasteiger partial charge in [-0.25, -0.2) is 9.48 Å². The Morgan fingerprint density at radius 3 is 2.17 bits per heavy atom. The van der Waals surface area contributed by atoms with Gasteiger partial charge < -0.3 is 5.11 Å². The van der Waals surface area contributed by atoms with Crippen LogP contribution in [0.1, 0.15) is 35.5 Å². The summed E-state index contributed by atoms with van der Waals surface area (Å²) in [5.41, 5.74) is 2.12. The highest BCUT2D eigenvalue weighted by Crippen LogP contribution is 2.08. The lowest BCUT2D eigenvalue weighted by Crippen LogP contribution is -2.02. The molecule has 0 aliphatic carbocycles. The molecule has 7 heteroatoms. The van der Waals surface area contributed by atoms with Gasteiger partial charge in [-0.2, -0.15) is 5.10 Å². The number of nitrogens with zero attached hydrogens (tertiary/aromatic N) is 5. The Kier molecular flexibility index (Phi) is 5.62. The Bertz CT molecular complexity index is 732. The third-order valence-electron chi connectivity index (χ3n) is 3.03. The third-order valence-corrected chi connectivity index (χ3v) is 3.03. The van der Waals surface area contributed by atoms with Crippen LogP contribution in [0.15, 0.2) is 48.9 Å². The van der Waals surface area contributed by atoms with Crippen LogP contribution < -0.4 is 0 Å². The van der Waals surface area contributed by atoms with Crippen molar-refractivity contribution in [2.45, 2.75) is 26.9 Å². The maximum atomic E-state index is 10.7. The Hall–Kier alpha value is -2.96. The van der Waals surface area contributed by atoms with Crippen LogP contribution >= 0.6 is 0 Å². The molecule has 0 amide bonds. The van der Waals surface area contributed by atoms with Crippen LogP contribution in [0.5, 0.6) is 0 Å². The lowest BCUT2D eigenvalue weighted by Gasteiger charge is -2.04. The number of carboxylic acids is 1. The molecule has 0 saturated heterocycles. The molecule has 0 fully saturated rings. The van der Waals surface area contributed by atoms with Gasteiger partial charge in [0.15, 0.2) is 5.69 Å². The number of benzene rings is 1. The molecule has 0 bridgehead atoms. The predicted molar refractivity (Wildman–Crippen MR) is 85.2 cm³/mol. The van der Waals surface area contributed by atoms with Crippen LogP contribution in [0.3, 0.4) is 0 Å². The van der Waals surface area contributed by atoms with Gasteiger partial charge in [0.25, 0.3) is 0 Å². The summed E-state index contributed by atoms with van der Waals surface area (Å²) >= 11 is 0. The highest BCUT2D eigenvalue weighted by atomic mass is 16.4. The SMILES string of the molecule is CC.O=C(O)c1cn(Cc2ccc(Cn3cccn3)cc2)nn1. The molecular formula is C16H19N5O2. The number of aromatic carboxylic acids is 1. The van der Waals surface area contributed by atoms with Gasteiger partial charge in [0, 0.05) is 12.4 Å². The summed E-state index contributed by atoms with van der Waals surface area (Å²) in [4.78, 5) is 10.7. The van der Waals surface area contributed by atoms with E-state index in [-0.39, 0.29) is 5.69 Å². The lowest BCUT2D eigenvalue weighted by molar-refractivity contribution is 0.0690. The number of carbonyl (C=O) groups is 1. The van der Waals surface area contributed by atoms with Crippen molar-refractivity contribution in [3.05, 3.63) is 65.7 Å². The summed E-state index contributed by atoms with van der Waals surface area (Å²) in [6, 6.07) is 9.90. The first-order valence-electron chi connectivity index (χ1n) is 7.39. The smallest absolute Gasteiger partial charge is 0.358 e. The van der Waals surface area contributed by atoms with Crippen molar-refractivity contribution in [3.8, 4) is 0 Å². The Labute approximate surface area is 134 Å². The zero-order valence-corrected chi connectivity index (χ0v) is 13.1. The molecule has 0 unspecified atom stereocenters. The number of carboxylic acid groups (broad SMARTS) is 1. The van der Waals surface area contributed by atoms with Gasteiger partial charge in [-0.05, 0) is 17.2 Å². The van der Waals surface area contributed by atoms with E-state index in [0.717, 1.165) is 17.7 Å². The minimum Gasteiger partial charge on any atom is -0.476 e. The van der Waals surface area contributed by atoms with Crippen LogP contribution in [0, 0.1) is 0 Å². The highest BCUT2D eigenvalue weighted by molar-refractivity contribution is 5.84. The second-order valence-corrected chi connectivity index (χ2v) is 4.63. The maximum Gasteiger partial charge on any atom is 0.358 e. The number of hydrogen-bond acceptors (Lipinski definition) is 4. The largest absolute Gasteiger partial charge is 0.476 e. The van der Waals surface area contributed by atoms with Crippen molar-refractivity contribution in [1.29, 1.82) is 0 Å². The lowest BCUT2D eigenvalue weighted by atomic mass is 10.1. The minimum absolute atomic E-state index is 0.0506. The maximum absolute atomic E-state index is 10.7. The van der Waals surface area contributed by atoms with E-state index in [0.29, 0.717) is 6.54 Å². The van der Waals surface area contributed by atoms with E-state index < -0.39 is 5.97 Å². The van der Waals surface area contributed by atoms with Crippen molar-refractivity contribution in [1.82, 2.24) is 24.8 Å². The number of rotatable bonds is 5. The van der Waals surface area contributed by atoms with E-state index in [1.807, 2.05) is 55.1 Å². The molecular weight excluding hydrogens is 294 g/mol. The average molecular weight is 313 g/mol. The van der Waals surface area contributed by atoms with E-state index in [1.165, 1.54) is 10.9 Å². The standard InChI is InChI=1S/C14H13N5O2.C2H6/c20-14(21)13-10-19(17-16-13)9-12-4-2-11(3-5-12)8-18-7-1-6-15-18;1-2/h1-7,10H,8-9H2,(H,20,21);1-2H3. The van der Waals surface area contributed by atoms with Crippen LogP contribution in [0.4, 0.5) is 0 Å². The van der Waals surface area contributed by atoms with Crippen molar-refractivity contribution < 1.29 is 9.90 Å². The summed E-state index contributed by atoms with van der Waals surface area (Å²) in [5, 5.41) is 20.3. The first-order chi connectivity index (χ1) is 11.2. The quantitative estimate of drug-likeness (QED) is 0.781. The molecule has 7 nitrogen and oxygen atoms in total. The second kappa shape index (κ2) is 7.88. The second-order valence-electron chi connectivity index (χ2n) is 4.63. The van der Waals surface area contributed by atoms with E-state index in [4.69, 9.17) is 5.11 Å². The van der Waals surface area contributed by atoms with Gasteiger partial charge in [0.2, 0.25) is 0 Å². The highest BCUT2D eigenvalue weighted by Gasteiger charge is 2.08. The molecule has 2 aromatic heterocycles. The van der Waals surface area contributed by atoms with Crippen molar-refractivity contribution in [2.24, 2.45) is 0 Å². The van der Waals surface area contributed by atoms with Gasteiger partial charge in [-0.15, -0.1) is 5.10 Å². The van der Waals surface area contributed by atoms with E-state index >= 15 is 0 Å². The summed E-state index contributed by atoms with van der Waals surface area (Å²) in [6.45, 7) is 5.21. The zero-order chi connectivity index (χ0) is 16.7. The molecule has 2 heterocycles. The minimum atomic E-state index is -1.07. The number of hydrogen-bond donors (Lipinski definition) is 1. The predicted octanol–water partition coefficient (Wildman–Crippen LogP) is 2.30. The van der Waals surface area contributed by atoms with Crippen molar-refractivity contribution in [2.75, 3.05) is 0 Å². The van der Waals surface area contributed by atoms with E-state index in [2.05, 4.69) is 15.4 Å². The molecule has 3 aromatic rings. The molecule has 3 rings (SSSR count). The fourth-order valence-electron chi connectivity index (χ4n) is 1.99. The first kappa shape index (κ1) is 16.4. The molecule has 23 heavy (non-hydrogen) atoms. The molecule has 0 aliphatic heterocycles. The zero-order valence-electron chi connectivity index (χ0n) is 13.1. The summed E-state index contributed by atoms with van der Waals surface area (Å²) in [6.07, 6.45) is 5.08. The average Bonchev–Trinajstić information content (AvgIpc) is 3.23. The molecule has 0 saturated carbocycles. The summed E-state index contributed by atoms with van der Waals surface area (Å²) in [5.74, 6) is -1.07. The molecule has 1 aromatic carbocycles. The summed E-state index contributed by atoms with van der Waals surface area (Å²) in [7, 11) is 0. The molecule has 120 valence electrons. The summed E-state index contributed by atoms with van der Waals surface area (Å²) < 4.78 is 3.36. The Balaban J connectivity index is 0.000000924. The number of aromatic nitrogens is 5. The topological polar surface area (TPSA) is 85.8 Å². The third kappa shape index (κ3) is 4.50. The Morgan fingerprint density at radius 1 is 1.09 bits per heavy atom. The molecule has 0 spiro atoms. The van der Waals surface area contributed by atoms with E-state index in [9.17, 15) is 4.79 Å². The van der Waals surface area contributed by atoms with Gasteiger partial charge in [-0.3, -0.25) is 4.68 Å². The fraction of sp³-hybridized carbons (Fsp3) is 0.250. The molecule has 0 atom stereocenters. The van der Waals surface area contributed by atoms with E-state index in [1.54, 1.807) is 6.20 Å². The van der Waals surface area contributed by atoms with Gasteiger partial charge in [-0.1, -0.05) is 43.3 Å². The van der Waals surface area contributed by atoms with Gasteiger partial charge in [0.1, 0.15) is 0 Å². The Morgan fingerprint density at radius 2 is 1.70 bits per heavy atom. The molecule has 1 N–H and O–H groups in total. The van der Waals surface area contributed by atoms with Crippen LogP contribution in [-0.4, -0.2) is 35.9 Å². The van der Waals surface area contributed by atoms with Gasteiger partial charge in [0.05, 0.1) is 19.3 Å². The van der Waals surface area contributed by atoms with Crippen molar-refractivity contribution >= 4 is 5.97 Å². The van der Waals surface area contributed by atoms with Crippen LogP contribution in [-0.2, 0) is 13.1 Å². The monoisotopic (exact) mass is 313 g/mol. The van der Waals surface area contributed by atoms with Gasteiger partial charge >= 0.3 is 5.97 Å². The van der Waals surface area contributed by atoms with Crippen molar-refractivity contribution in [3.63, 3.8) is 0 Å². The normalized spacial score (nSPS) is 10.0. The molecule has 0 aliphatic rings. The fourth-order valence-corrected chi connectivity index (χ4v) is 1.99. The molecule has 0 radical (unpaired) electrons.